The van der Waals surface area contributed by atoms with E-state index in [1.54, 1.807) is 6.07 Å². The van der Waals surface area contributed by atoms with E-state index in [9.17, 15) is 9.90 Å². The van der Waals surface area contributed by atoms with Crippen LogP contribution in [0.5, 0.6) is 5.75 Å². The van der Waals surface area contributed by atoms with Crippen molar-refractivity contribution in [1.29, 1.82) is 0 Å². The highest BCUT2D eigenvalue weighted by Gasteiger charge is 2.68. The number of halogens is 1. The maximum absolute atomic E-state index is 15.0. The van der Waals surface area contributed by atoms with E-state index in [0.717, 1.165) is 47.3 Å². The van der Waals surface area contributed by atoms with Gasteiger partial charge in [-0.25, -0.2) is 4.39 Å². The minimum atomic E-state index is -0.691. The topological polar surface area (TPSA) is 46.5 Å². The van der Waals surface area contributed by atoms with Gasteiger partial charge in [0.2, 0.25) is 0 Å². The summed E-state index contributed by atoms with van der Waals surface area (Å²) in [5.74, 6) is 0.127. The van der Waals surface area contributed by atoms with Gasteiger partial charge in [-0.3, -0.25) is 4.79 Å². The van der Waals surface area contributed by atoms with Gasteiger partial charge in [0.1, 0.15) is 18.2 Å². The molecule has 4 atom stereocenters. The Morgan fingerprint density at radius 2 is 1.87 bits per heavy atom. The molecule has 3 aromatic rings. The van der Waals surface area contributed by atoms with E-state index >= 15 is 4.39 Å². The Labute approximate surface area is 225 Å². The Balaban J connectivity index is 1.30. The van der Waals surface area contributed by atoms with E-state index in [0.29, 0.717) is 18.1 Å². The second-order valence-corrected chi connectivity index (χ2v) is 12.6. The molecule has 6 rings (SSSR count). The number of hydrogen-bond donors (Lipinski definition) is 1. The lowest BCUT2D eigenvalue weighted by Gasteiger charge is -2.30. The molecule has 0 aromatic heterocycles. The Bertz CT molecular complexity index is 1420. The summed E-state index contributed by atoms with van der Waals surface area (Å²) >= 11 is 0. The molecule has 3 aliphatic rings. The van der Waals surface area contributed by atoms with Crippen LogP contribution in [0.25, 0.3) is 11.1 Å². The Kier molecular flexibility index (Phi) is 5.93. The lowest BCUT2D eigenvalue weighted by molar-refractivity contribution is -0.139. The van der Waals surface area contributed by atoms with Crippen molar-refractivity contribution in [2.75, 3.05) is 0 Å². The van der Waals surface area contributed by atoms with Gasteiger partial charge in [0.25, 0.3) is 0 Å². The third-order valence-corrected chi connectivity index (χ3v) is 9.98. The number of aliphatic carboxylic acids is 1. The van der Waals surface area contributed by atoms with Crippen LogP contribution in [0.4, 0.5) is 4.39 Å². The molecule has 198 valence electrons. The highest BCUT2D eigenvalue weighted by Crippen LogP contribution is 2.66. The molecule has 38 heavy (non-hydrogen) atoms. The van der Waals surface area contributed by atoms with Gasteiger partial charge in [0, 0.05) is 11.0 Å². The fraction of sp³-hybridized carbons (Fsp3) is 0.441. The number of rotatable bonds is 6. The number of carbonyl (C=O) groups is 1. The minimum Gasteiger partial charge on any atom is -0.489 e. The van der Waals surface area contributed by atoms with E-state index in [1.165, 1.54) is 24.0 Å². The zero-order chi connectivity index (χ0) is 26.8. The smallest absolute Gasteiger partial charge is 0.307 e. The Morgan fingerprint density at radius 3 is 2.58 bits per heavy atom. The van der Waals surface area contributed by atoms with Crippen molar-refractivity contribution < 1.29 is 19.0 Å². The first kappa shape index (κ1) is 25.2. The number of hydrogen-bond acceptors (Lipinski definition) is 2. The molecular weight excluding hydrogens is 475 g/mol. The van der Waals surface area contributed by atoms with Crippen LogP contribution in [-0.4, -0.2) is 11.1 Å². The fourth-order valence-electron chi connectivity index (χ4n) is 7.78. The standard InChI is InChI=1S/C34H37FO3/c1-20-7-12-30(35)27(16-20)25-11-8-22(17-26(25)28-6-5-14-33(28,3)4)19-38-24-10-9-23-13-15-34(29(23)18-24)21(2)31(34)32(36)37/h7-12,16-18,21,28,31H,5-6,13-15,19H2,1-4H3,(H,36,37)/t21-,28+,31-,34-/m0/s1. The van der Waals surface area contributed by atoms with Crippen LogP contribution in [0, 0.1) is 30.0 Å². The molecule has 2 saturated carbocycles. The fourth-order valence-corrected chi connectivity index (χ4v) is 7.78. The van der Waals surface area contributed by atoms with Crippen LogP contribution >= 0.6 is 0 Å². The quantitative estimate of drug-likeness (QED) is 0.362. The van der Waals surface area contributed by atoms with Gasteiger partial charge in [0.15, 0.2) is 0 Å². The Hall–Kier alpha value is -3.14. The van der Waals surface area contributed by atoms with E-state index in [4.69, 9.17) is 4.74 Å². The lowest BCUT2D eigenvalue weighted by atomic mass is 9.75. The summed E-state index contributed by atoms with van der Waals surface area (Å²) in [5, 5.41) is 9.73. The average molecular weight is 513 g/mol. The first-order valence-electron chi connectivity index (χ1n) is 14.0. The number of aryl methyl sites for hydroxylation is 2. The van der Waals surface area contributed by atoms with Crippen LogP contribution < -0.4 is 4.74 Å². The zero-order valence-corrected chi connectivity index (χ0v) is 22.8. The summed E-state index contributed by atoms with van der Waals surface area (Å²) in [6.45, 7) is 9.14. The molecule has 0 radical (unpaired) electrons. The van der Waals surface area contributed by atoms with E-state index < -0.39 is 5.97 Å². The summed E-state index contributed by atoms with van der Waals surface area (Å²) in [4.78, 5) is 11.8. The SMILES string of the molecule is Cc1ccc(F)c(-c2ccc(COc3ccc4c(c3)[C@@]3(CC4)[C@H](C(=O)O)[C@@H]3C)cc2[C@H]2CCCC2(C)C)c1. The summed E-state index contributed by atoms with van der Waals surface area (Å²) < 4.78 is 21.3. The Morgan fingerprint density at radius 1 is 1.05 bits per heavy atom. The van der Waals surface area contributed by atoms with Crippen molar-refractivity contribution >= 4 is 5.97 Å². The van der Waals surface area contributed by atoms with Crippen LogP contribution in [0.2, 0.25) is 0 Å². The maximum atomic E-state index is 15.0. The van der Waals surface area contributed by atoms with Gasteiger partial charge in [-0.05, 0) is 102 Å². The number of ether oxygens (including phenoxy) is 1. The third-order valence-electron chi connectivity index (χ3n) is 9.98. The summed E-state index contributed by atoms with van der Waals surface area (Å²) in [6, 6.07) is 17.9. The first-order chi connectivity index (χ1) is 18.1. The molecule has 0 bridgehead atoms. The second kappa shape index (κ2) is 8.97. The molecule has 0 saturated heterocycles. The zero-order valence-electron chi connectivity index (χ0n) is 22.8. The monoisotopic (exact) mass is 512 g/mol. The molecule has 0 amide bonds. The molecule has 3 aliphatic carbocycles. The summed E-state index contributed by atoms with van der Waals surface area (Å²) in [7, 11) is 0. The first-order valence-corrected chi connectivity index (χ1v) is 14.0. The van der Waals surface area contributed by atoms with E-state index in [1.807, 2.05) is 25.1 Å². The molecule has 3 aromatic carbocycles. The number of carboxylic acids is 1. The van der Waals surface area contributed by atoms with Gasteiger partial charge < -0.3 is 9.84 Å². The maximum Gasteiger partial charge on any atom is 0.307 e. The highest BCUT2D eigenvalue weighted by atomic mass is 19.1. The van der Waals surface area contributed by atoms with Crippen molar-refractivity contribution in [2.45, 2.75) is 77.7 Å². The van der Waals surface area contributed by atoms with Crippen LogP contribution in [0.1, 0.15) is 80.2 Å². The highest BCUT2D eigenvalue weighted by molar-refractivity contribution is 5.79. The molecule has 3 nitrogen and oxygen atoms in total. The van der Waals surface area contributed by atoms with Crippen molar-refractivity contribution in [1.82, 2.24) is 0 Å². The molecule has 0 unspecified atom stereocenters. The second-order valence-electron chi connectivity index (χ2n) is 12.6. The molecule has 0 heterocycles. The molecule has 2 fully saturated rings. The molecular formula is C34H37FO3. The third kappa shape index (κ3) is 3.95. The molecule has 1 spiro atoms. The summed E-state index contributed by atoms with van der Waals surface area (Å²) in [5.41, 5.74) is 7.32. The predicted octanol–water partition coefficient (Wildman–Crippen LogP) is 8.21. The predicted molar refractivity (Wildman–Crippen MR) is 148 cm³/mol. The van der Waals surface area contributed by atoms with E-state index in [-0.39, 0.29) is 28.5 Å². The van der Waals surface area contributed by atoms with Crippen molar-refractivity contribution in [3.63, 3.8) is 0 Å². The summed E-state index contributed by atoms with van der Waals surface area (Å²) in [6.07, 6.45) is 5.29. The number of benzene rings is 3. The van der Waals surface area contributed by atoms with Crippen LogP contribution in [0.15, 0.2) is 54.6 Å². The van der Waals surface area contributed by atoms with Gasteiger partial charge in [-0.15, -0.1) is 0 Å². The van der Waals surface area contributed by atoms with Crippen molar-refractivity contribution in [3.05, 3.63) is 88.2 Å². The van der Waals surface area contributed by atoms with Crippen molar-refractivity contribution in [3.8, 4) is 16.9 Å². The van der Waals surface area contributed by atoms with Crippen molar-refractivity contribution in [2.24, 2.45) is 17.3 Å². The molecule has 0 aliphatic heterocycles. The van der Waals surface area contributed by atoms with Gasteiger partial charge in [-0.2, -0.15) is 0 Å². The van der Waals surface area contributed by atoms with Gasteiger partial charge in [-0.1, -0.05) is 63.1 Å². The van der Waals surface area contributed by atoms with Crippen LogP contribution in [-0.2, 0) is 23.2 Å². The largest absolute Gasteiger partial charge is 0.489 e. The number of fused-ring (bicyclic) bond motifs is 2. The van der Waals surface area contributed by atoms with Crippen LogP contribution in [0.3, 0.4) is 0 Å². The molecule has 4 heteroatoms. The minimum absolute atomic E-state index is 0.156. The normalized spacial score (nSPS) is 26.9. The lowest BCUT2D eigenvalue weighted by Crippen LogP contribution is -2.17. The van der Waals surface area contributed by atoms with Gasteiger partial charge >= 0.3 is 5.97 Å². The molecule has 1 N–H and O–H groups in total. The van der Waals surface area contributed by atoms with Gasteiger partial charge in [0.05, 0.1) is 5.92 Å². The number of carboxylic acid groups (broad SMARTS) is 1. The van der Waals surface area contributed by atoms with E-state index in [2.05, 4.69) is 51.1 Å². The average Bonchev–Trinajstić information content (AvgIpc) is 3.11.